The molecule has 11 nitrogen and oxygen atoms in total. The Hall–Kier alpha value is -3.83. The lowest BCUT2D eigenvalue weighted by atomic mass is 9.49. The molecule has 0 radical (unpaired) electrons. The Labute approximate surface area is 254 Å². The van der Waals surface area contributed by atoms with Crippen molar-refractivity contribution in [1.29, 1.82) is 0 Å². The van der Waals surface area contributed by atoms with E-state index in [0.29, 0.717) is 60.5 Å². The number of nitrogens with two attached hydrogens (primary N) is 3. The number of aromatic hydroxyl groups is 1. The highest BCUT2D eigenvalue weighted by atomic mass is 16.4. The molecule has 0 bridgehead atoms. The standard InChI is InChI=1S/C32H48N8O3/c1-36-9-13-40(28(30(34)35)15-27(33)26-5-3-4-6-29(26)41)14-10-38-21-24(20-37-2)22-7-11-39(12-8-22)25-18-32(19-25)16-23(17-32)31(42)43/h3-6,15,20-23,25,36,41H,2,7-14,16-19,33-35H2,1H3,(H,42,43)/b24-20+,27-15-,38-21?. The number of benzene rings is 1. The number of aliphatic imine (C=N–C) groups is 2. The third-order valence-electron chi connectivity index (χ3n) is 9.32. The Morgan fingerprint density at radius 2 is 1.84 bits per heavy atom. The van der Waals surface area contributed by atoms with Crippen LogP contribution in [0.2, 0.25) is 0 Å². The number of nitrogens with one attached hydrogen (secondary N) is 1. The second-order valence-electron chi connectivity index (χ2n) is 12.2. The van der Waals surface area contributed by atoms with Crippen LogP contribution < -0.4 is 22.5 Å². The largest absolute Gasteiger partial charge is 0.507 e. The smallest absolute Gasteiger partial charge is 0.306 e. The maximum Gasteiger partial charge on any atom is 0.306 e. The van der Waals surface area contributed by atoms with Gasteiger partial charge in [-0.1, -0.05) is 12.1 Å². The number of carboxylic acid groups (broad SMARTS) is 1. The zero-order chi connectivity index (χ0) is 31.0. The van der Waals surface area contributed by atoms with Gasteiger partial charge in [0.15, 0.2) is 0 Å². The maximum absolute atomic E-state index is 11.2. The molecule has 2 saturated carbocycles. The minimum absolute atomic E-state index is 0.0855. The normalized spacial score (nSPS) is 24.9. The first kappa shape index (κ1) is 32.1. The highest BCUT2D eigenvalue weighted by Crippen LogP contribution is 2.60. The Morgan fingerprint density at radius 1 is 1.14 bits per heavy atom. The van der Waals surface area contributed by atoms with Gasteiger partial charge in [0.2, 0.25) is 0 Å². The van der Waals surface area contributed by atoms with Gasteiger partial charge < -0.3 is 42.5 Å². The topological polar surface area (TPSA) is 179 Å². The van der Waals surface area contributed by atoms with E-state index < -0.39 is 5.97 Å². The molecule has 11 heteroatoms. The fraction of sp³-hybridized carbons (Fsp3) is 0.531. The Bertz CT molecular complexity index is 1250. The molecule has 1 saturated heterocycles. The third-order valence-corrected chi connectivity index (χ3v) is 9.32. The lowest BCUT2D eigenvalue weighted by molar-refractivity contribution is -0.160. The average molecular weight is 593 g/mol. The number of phenols is 1. The summed E-state index contributed by atoms with van der Waals surface area (Å²) in [7, 11) is 1.88. The SMILES string of the molecule is C=N/C=C(\C=NCCN(CCNC)C(/C=C(\N)c1ccccc1O)=C(N)N)C1CCN(C2CC3(CC(C(=O)O)C3)C2)CC1. The predicted molar refractivity (Wildman–Crippen MR) is 172 cm³/mol. The molecule has 234 valence electrons. The number of hydrogen-bond acceptors (Lipinski definition) is 10. The zero-order valence-corrected chi connectivity index (χ0v) is 25.3. The van der Waals surface area contributed by atoms with Crippen LogP contribution in [0.3, 0.4) is 0 Å². The van der Waals surface area contributed by atoms with Gasteiger partial charge in [-0.2, -0.15) is 0 Å². The first-order valence-corrected chi connectivity index (χ1v) is 15.2. The van der Waals surface area contributed by atoms with E-state index in [1.165, 1.54) is 0 Å². The summed E-state index contributed by atoms with van der Waals surface area (Å²) in [5.41, 5.74) is 21.4. The fourth-order valence-electron chi connectivity index (χ4n) is 6.89. The van der Waals surface area contributed by atoms with Crippen molar-refractivity contribution in [1.82, 2.24) is 15.1 Å². The van der Waals surface area contributed by atoms with Gasteiger partial charge in [0.05, 0.1) is 18.2 Å². The Balaban J connectivity index is 1.31. The van der Waals surface area contributed by atoms with Crippen molar-refractivity contribution >= 4 is 24.6 Å². The van der Waals surface area contributed by atoms with Gasteiger partial charge >= 0.3 is 5.97 Å². The van der Waals surface area contributed by atoms with Gasteiger partial charge in [-0.25, -0.2) is 0 Å². The van der Waals surface area contributed by atoms with Crippen molar-refractivity contribution in [2.45, 2.75) is 44.6 Å². The van der Waals surface area contributed by atoms with Gasteiger partial charge in [0.25, 0.3) is 0 Å². The molecule has 1 heterocycles. The van der Waals surface area contributed by atoms with E-state index in [1.54, 1.807) is 30.3 Å². The Morgan fingerprint density at radius 3 is 2.44 bits per heavy atom. The molecule has 0 amide bonds. The highest BCUT2D eigenvalue weighted by molar-refractivity contribution is 5.79. The second-order valence-corrected chi connectivity index (χ2v) is 12.2. The van der Waals surface area contributed by atoms with Crippen LogP contribution in [0.4, 0.5) is 0 Å². The predicted octanol–water partition coefficient (Wildman–Crippen LogP) is 2.31. The molecular formula is C32H48N8O3. The monoisotopic (exact) mass is 592 g/mol. The van der Waals surface area contributed by atoms with Crippen molar-refractivity contribution in [3.63, 3.8) is 0 Å². The zero-order valence-electron chi connectivity index (χ0n) is 25.3. The van der Waals surface area contributed by atoms with Crippen LogP contribution in [-0.2, 0) is 4.79 Å². The summed E-state index contributed by atoms with van der Waals surface area (Å²) in [4.78, 5) is 24.6. The van der Waals surface area contributed by atoms with Crippen LogP contribution in [-0.4, -0.2) is 91.3 Å². The molecule has 2 aliphatic carbocycles. The molecule has 43 heavy (non-hydrogen) atoms. The highest BCUT2D eigenvalue weighted by Gasteiger charge is 2.56. The summed E-state index contributed by atoms with van der Waals surface area (Å²) in [6.07, 6.45) is 11.5. The second kappa shape index (κ2) is 14.6. The lowest BCUT2D eigenvalue weighted by Gasteiger charge is -2.59. The third kappa shape index (κ3) is 7.97. The molecular weight excluding hydrogens is 544 g/mol. The first-order chi connectivity index (χ1) is 20.7. The summed E-state index contributed by atoms with van der Waals surface area (Å²) in [5.74, 6) is -0.172. The molecule has 9 N–H and O–H groups in total. The number of nitrogens with zero attached hydrogens (tertiary/aromatic N) is 4. The quantitative estimate of drug-likeness (QED) is 0.140. The van der Waals surface area contributed by atoms with E-state index in [-0.39, 0.29) is 17.5 Å². The van der Waals surface area contributed by atoms with Crippen LogP contribution in [0.5, 0.6) is 5.75 Å². The van der Waals surface area contributed by atoms with E-state index >= 15 is 0 Å². The van der Waals surface area contributed by atoms with E-state index in [2.05, 4.69) is 21.9 Å². The van der Waals surface area contributed by atoms with Crippen molar-refractivity contribution in [3.05, 3.63) is 59.2 Å². The number of likely N-dealkylation sites (N-methyl/N-ethyl adjacent to an activating group) is 1. The number of hydrogen-bond donors (Lipinski definition) is 6. The molecule has 4 rings (SSSR count). The number of rotatable bonds is 14. The van der Waals surface area contributed by atoms with Crippen molar-refractivity contribution < 1.29 is 15.0 Å². The van der Waals surface area contributed by atoms with Crippen LogP contribution in [0.1, 0.15) is 44.1 Å². The summed E-state index contributed by atoms with van der Waals surface area (Å²) in [6.45, 7) is 8.16. The lowest BCUT2D eigenvalue weighted by Crippen LogP contribution is -2.58. The number of carboxylic acids is 1. The van der Waals surface area contributed by atoms with Crippen molar-refractivity contribution in [2.24, 2.45) is 44.4 Å². The number of piperidine rings is 1. The molecule has 1 spiro atoms. The maximum atomic E-state index is 11.2. The van der Waals surface area contributed by atoms with E-state index in [1.807, 2.05) is 24.4 Å². The van der Waals surface area contributed by atoms with Crippen molar-refractivity contribution in [2.75, 3.05) is 46.3 Å². The molecule has 0 aromatic heterocycles. The molecule has 0 atom stereocenters. The number of aliphatic carboxylic acids is 1. The summed E-state index contributed by atoms with van der Waals surface area (Å²) in [5, 5.41) is 22.6. The molecule has 1 aromatic rings. The van der Waals surface area contributed by atoms with Gasteiger partial charge in [0.1, 0.15) is 11.6 Å². The van der Waals surface area contributed by atoms with Gasteiger partial charge in [-0.05, 0) is 100 Å². The molecule has 3 aliphatic rings. The van der Waals surface area contributed by atoms with Crippen LogP contribution in [0, 0.1) is 17.3 Å². The molecule has 1 aliphatic heterocycles. The van der Waals surface area contributed by atoms with Crippen LogP contribution in [0.25, 0.3) is 5.70 Å². The minimum atomic E-state index is -0.636. The van der Waals surface area contributed by atoms with E-state index in [4.69, 9.17) is 22.2 Å². The first-order valence-electron chi connectivity index (χ1n) is 15.2. The Kier molecular flexibility index (Phi) is 10.9. The fourth-order valence-corrected chi connectivity index (χ4v) is 6.89. The van der Waals surface area contributed by atoms with Crippen molar-refractivity contribution in [3.8, 4) is 5.75 Å². The molecule has 3 fully saturated rings. The van der Waals surface area contributed by atoms with Gasteiger partial charge in [-0.15, -0.1) is 0 Å². The van der Waals surface area contributed by atoms with E-state index in [9.17, 15) is 15.0 Å². The summed E-state index contributed by atoms with van der Waals surface area (Å²) >= 11 is 0. The van der Waals surface area contributed by atoms with Crippen LogP contribution >= 0.6 is 0 Å². The number of likely N-dealkylation sites (tertiary alicyclic amines) is 1. The number of para-hydroxylation sites is 1. The summed E-state index contributed by atoms with van der Waals surface area (Å²) in [6, 6.07) is 7.46. The molecule has 0 unspecified atom stereocenters. The van der Waals surface area contributed by atoms with Crippen LogP contribution in [0.15, 0.2) is 63.6 Å². The number of allylic oxidation sites excluding steroid dienone is 2. The van der Waals surface area contributed by atoms with Gasteiger partial charge in [-0.3, -0.25) is 14.8 Å². The average Bonchev–Trinajstić information content (AvgIpc) is 2.94. The summed E-state index contributed by atoms with van der Waals surface area (Å²) < 4.78 is 0. The number of carbonyl (C=O) groups is 1. The minimum Gasteiger partial charge on any atom is -0.507 e. The van der Waals surface area contributed by atoms with Gasteiger partial charge in [0, 0.05) is 49.4 Å². The van der Waals surface area contributed by atoms with E-state index in [0.717, 1.165) is 57.2 Å². The molecule has 1 aromatic carbocycles. The number of phenolic OH excluding ortho intramolecular Hbond substituents is 1.